The van der Waals surface area contributed by atoms with Gasteiger partial charge < -0.3 is 10.4 Å². The van der Waals surface area contributed by atoms with E-state index in [0.717, 1.165) is 11.3 Å². The van der Waals surface area contributed by atoms with Gasteiger partial charge in [0, 0.05) is 23.7 Å². The molecular weight excluding hydrogens is 326 g/mol. The molecule has 3 N–H and O–H groups in total. The van der Waals surface area contributed by atoms with E-state index in [2.05, 4.69) is 25.5 Å². The molecule has 0 unspecified atom stereocenters. The number of thioether (sulfide) groups is 1. The molecule has 2 heterocycles. The Labute approximate surface area is 142 Å². The number of carboxylic acid groups (broad SMARTS) is 1. The highest BCUT2D eigenvalue weighted by atomic mass is 32.2. The van der Waals surface area contributed by atoms with Crippen molar-refractivity contribution in [1.29, 1.82) is 0 Å². The highest BCUT2D eigenvalue weighted by Gasteiger charge is 2.05. The molecule has 0 atom stereocenters. The second-order valence-corrected chi connectivity index (χ2v) is 6.02. The average Bonchev–Trinajstić information content (AvgIpc) is 2.98. The predicted octanol–water partition coefficient (Wildman–Crippen LogP) is 3.24. The quantitative estimate of drug-likeness (QED) is 0.467. The Balaban J connectivity index is 1.63. The van der Waals surface area contributed by atoms with Crippen molar-refractivity contribution in [1.82, 2.24) is 20.2 Å². The lowest BCUT2D eigenvalue weighted by atomic mass is 10.1. The number of carbonyl (C=O) groups is 1. The molecular formula is C16H15N5O2S. The molecule has 3 aromatic rings. The number of aromatic amines is 1. The molecule has 24 heavy (non-hydrogen) atoms. The van der Waals surface area contributed by atoms with E-state index in [-0.39, 0.29) is 5.56 Å². The van der Waals surface area contributed by atoms with E-state index in [1.807, 2.05) is 13.0 Å². The van der Waals surface area contributed by atoms with E-state index in [4.69, 9.17) is 5.11 Å². The monoisotopic (exact) mass is 341 g/mol. The zero-order chi connectivity index (χ0) is 16.9. The first-order chi connectivity index (χ1) is 11.6. The Bertz CT molecular complexity index is 848. The van der Waals surface area contributed by atoms with Crippen LogP contribution in [0.25, 0.3) is 0 Å². The topological polar surface area (TPSA) is 104 Å². The summed E-state index contributed by atoms with van der Waals surface area (Å²) in [7, 11) is 0. The van der Waals surface area contributed by atoms with Gasteiger partial charge >= 0.3 is 5.97 Å². The second-order valence-electron chi connectivity index (χ2n) is 5.08. The van der Waals surface area contributed by atoms with E-state index < -0.39 is 5.97 Å². The molecule has 8 heteroatoms. The largest absolute Gasteiger partial charge is 0.478 e. The minimum Gasteiger partial charge on any atom is -0.478 e. The van der Waals surface area contributed by atoms with Gasteiger partial charge in [-0.1, -0.05) is 23.9 Å². The fraction of sp³-hybridized carbons (Fsp3) is 0.125. The summed E-state index contributed by atoms with van der Waals surface area (Å²) < 4.78 is 0. The van der Waals surface area contributed by atoms with E-state index in [0.29, 0.717) is 22.5 Å². The smallest absolute Gasteiger partial charge is 0.335 e. The number of H-pyrrole nitrogens is 1. The van der Waals surface area contributed by atoms with Crippen LogP contribution in [0.15, 0.2) is 47.8 Å². The first kappa shape index (κ1) is 16.0. The van der Waals surface area contributed by atoms with Gasteiger partial charge in [0.1, 0.15) is 5.82 Å². The fourth-order valence-electron chi connectivity index (χ4n) is 1.98. The van der Waals surface area contributed by atoms with Crippen LogP contribution in [0, 0.1) is 6.92 Å². The fourth-order valence-corrected chi connectivity index (χ4v) is 2.77. The lowest BCUT2D eigenvalue weighted by molar-refractivity contribution is 0.0697. The van der Waals surface area contributed by atoms with Gasteiger partial charge in [0.05, 0.1) is 5.56 Å². The van der Waals surface area contributed by atoms with Gasteiger partial charge in [-0.3, -0.25) is 5.10 Å². The number of nitrogens with one attached hydrogen (secondary N) is 2. The molecule has 0 bridgehead atoms. The molecule has 0 saturated carbocycles. The van der Waals surface area contributed by atoms with Gasteiger partial charge in [0.2, 0.25) is 0 Å². The van der Waals surface area contributed by atoms with Crippen LogP contribution in [-0.4, -0.2) is 31.2 Å². The number of aromatic carboxylic acids is 1. The maximum atomic E-state index is 10.8. The molecule has 0 spiro atoms. The second kappa shape index (κ2) is 7.14. The lowest BCUT2D eigenvalue weighted by Crippen LogP contribution is -1.97. The highest BCUT2D eigenvalue weighted by molar-refractivity contribution is 7.98. The lowest BCUT2D eigenvalue weighted by Gasteiger charge is -2.05. The number of hydrogen-bond acceptors (Lipinski definition) is 6. The number of nitrogens with zero attached hydrogens (tertiary/aromatic N) is 3. The third kappa shape index (κ3) is 4.11. The Morgan fingerprint density at radius 1 is 1.25 bits per heavy atom. The minimum atomic E-state index is -0.926. The van der Waals surface area contributed by atoms with Crippen molar-refractivity contribution in [3.05, 3.63) is 59.4 Å². The van der Waals surface area contributed by atoms with Crippen LogP contribution in [0.2, 0.25) is 0 Å². The molecule has 0 amide bonds. The molecule has 0 saturated heterocycles. The Kier molecular flexibility index (Phi) is 4.76. The average molecular weight is 341 g/mol. The molecule has 1 aromatic carbocycles. The van der Waals surface area contributed by atoms with Crippen LogP contribution in [0.3, 0.4) is 0 Å². The highest BCUT2D eigenvalue weighted by Crippen LogP contribution is 2.21. The number of rotatable bonds is 6. The van der Waals surface area contributed by atoms with Gasteiger partial charge in [0.15, 0.2) is 11.0 Å². The van der Waals surface area contributed by atoms with Crippen molar-refractivity contribution in [2.45, 2.75) is 17.8 Å². The summed E-state index contributed by atoms with van der Waals surface area (Å²) in [6.07, 6.45) is 1.69. The summed E-state index contributed by atoms with van der Waals surface area (Å²) in [5, 5.41) is 19.6. The first-order valence-corrected chi connectivity index (χ1v) is 8.16. The van der Waals surface area contributed by atoms with Gasteiger partial charge in [-0.05, 0) is 30.7 Å². The van der Waals surface area contributed by atoms with Crippen molar-refractivity contribution < 1.29 is 9.90 Å². The summed E-state index contributed by atoms with van der Waals surface area (Å²) in [6.45, 7) is 1.93. The van der Waals surface area contributed by atoms with Crippen LogP contribution < -0.4 is 5.32 Å². The molecule has 2 aromatic heterocycles. The molecule has 7 nitrogen and oxygen atoms in total. The van der Waals surface area contributed by atoms with E-state index >= 15 is 0 Å². The molecule has 0 aliphatic carbocycles. The molecule has 122 valence electrons. The normalized spacial score (nSPS) is 10.5. The number of aryl methyl sites for hydroxylation is 1. The van der Waals surface area contributed by atoms with Crippen LogP contribution >= 0.6 is 11.8 Å². The molecule has 0 aliphatic heterocycles. The minimum absolute atomic E-state index is 0.278. The van der Waals surface area contributed by atoms with Crippen LogP contribution in [0.1, 0.15) is 21.6 Å². The van der Waals surface area contributed by atoms with E-state index in [1.54, 1.807) is 36.5 Å². The molecule has 3 rings (SSSR count). The van der Waals surface area contributed by atoms with E-state index in [9.17, 15) is 4.79 Å². The van der Waals surface area contributed by atoms with Gasteiger partial charge in [-0.15, -0.1) is 0 Å². The van der Waals surface area contributed by atoms with Crippen LogP contribution in [-0.2, 0) is 5.75 Å². The van der Waals surface area contributed by atoms with Crippen LogP contribution in [0.5, 0.6) is 0 Å². The van der Waals surface area contributed by atoms with Crippen molar-refractivity contribution in [2.75, 3.05) is 5.32 Å². The van der Waals surface area contributed by atoms with Crippen molar-refractivity contribution in [3.63, 3.8) is 0 Å². The standard InChI is InChI=1S/C16H15N5O2S/c1-10-8-14(21-20-10)18-13-6-7-17-16(19-13)24-9-11-2-4-12(5-3-11)15(22)23/h2-8H,9H2,1H3,(H,22,23)(H2,17,18,19,20,21). The summed E-state index contributed by atoms with van der Waals surface area (Å²) in [5.41, 5.74) is 2.25. The molecule has 0 radical (unpaired) electrons. The predicted molar refractivity (Wildman–Crippen MR) is 91.6 cm³/mol. The summed E-state index contributed by atoms with van der Waals surface area (Å²) >= 11 is 1.48. The van der Waals surface area contributed by atoms with Crippen LogP contribution in [0.4, 0.5) is 11.6 Å². The third-order valence-electron chi connectivity index (χ3n) is 3.16. The summed E-state index contributed by atoms with van der Waals surface area (Å²) in [6, 6.07) is 10.4. The summed E-state index contributed by atoms with van der Waals surface area (Å²) in [5.74, 6) is 1.10. The summed E-state index contributed by atoms with van der Waals surface area (Å²) in [4.78, 5) is 19.5. The Morgan fingerprint density at radius 3 is 2.71 bits per heavy atom. The molecule has 0 fully saturated rings. The first-order valence-electron chi connectivity index (χ1n) is 7.17. The zero-order valence-electron chi connectivity index (χ0n) is 12.9. The van der Waals surface area contributed by atoms with E-state index in [1.165, 1.54) is 11.8 Å². The van der Waals surface area contributed by atoms with Crippen molar-refractivity contribution >= 4 is 29.4 Å². The van der Waals surface area contributed by atoms with Crippen molar-refractivity contribution in [2.24, 2.45) is 0 Å². The zero-order valence-corrected chi connectivity index (χ0v) is 13.7. The number of carboxylic acids is 1. The number of hydrogen-bond donors (Lipinski definition) is 3. The number of anilines is 2. The number of benzene rings is 1. The van der Waals surface area contributed by atoms with Gasteiger partial charge in [0.25, 0.3) is 0 Å². The van der Waals surface area contributed by atoms with Crippen molar-refractivity contribution in [3.8, 4) is 0 Å². The maximum absolute atomic E-state index is 10.8. The SMILES string of the molecule is Cc1cc(Nc2ccnc(SCc3ccc(C(=O)O)cc3)n2)n[nH]1. The van der Waals surface area contributed by atoms with Gasteiger partial charge in [-0.25, -0.2) is 14.8 Å². The Morgan fingerprint density at radius 2 is 2.04 bits per heavy atom. The van der Waals surface area contributed by atoms with Gasteiger partial charge in [-0.2, -0.15) is 5.10 Å². The maximum Gasteiger partial charge on any atom is 0.335 e. The third-order valence-corrected chi connectivity index (χ3v) is 4.10. The Hall–Kier alpha value is -2.87. The number of aromatic nitrogens is 4. The molecule has 0 aliphatic rings.